The molecule has 0 unspecified atom stereocenters. The maximum Gasteiger partial charge on any atom is 0.146 e. The van der Waals surface area contributed by atoms with Crippen LogP contribution in [-0.2, 0) is 13.1 Å². The van der Waals surface area contributed by atoms with Crippen molar-refractivity contribution in [3.05, 3.63) is 35.4 Å². The molecule has 0 bridgehead atoms. The molecule has 0 aliphatic heterocycles. The van der Waals surface area contributed by atoms with Crippen LogP contribution in [0.5, 0.6) is 5.75 Å². The van der Waals surface area contributed by atoms with Crippen molar-refractivity contribution in [1.29, 1.82) is 0 Å². The number of nitrogens with one attached hydrogen (secondary N) is 1. The van der Waals surface area contributed by atoms with Gasteiger partial charge in [0.15, 0.2) is 0 Å². The van der Waals surface area contributed by atoms with E-state index in [-0.39, 0.29) is 0 Å². The molecule has 0 aliphatic rings. The van der Waals surface area contributed by atoms with Gasteiger partial charge in [-0.3, -0.25) is 0 Å². The van der Waals surface area contributed by atoms with Crippen molar-refractivity contribution < 1.29 is 4.74 Å². The van der Waals surface area contributed by atoms with Gasteiger partial charge in [0.25, 0.3) is 0 Å². The molecule has 1 aromatic carbocycles. The summed E-state index contributed by atoms with van der Waals surface area (Å²) in [5.74, 6) is 1.65. The molecule has 2 aromatic rings. The molecular weight excluding hydrogens is 264 g/mol. The van der Waals surface area contributed by atoms with Crippen LogP contribution < -0.4 is 10.1 Å². The van der Waals surface area contributed by atoms with Crippen molar-refractivity contribution in [2.45, 2.75) is 26.4 Å². The predicted molar refractivity (Wildman–Crippen MR) is 75.6 cm³/mol. The Morgan fingerprint density at radius 2 is 2.26 bits per heavy atom. The smallest absolute Gasteiger partial charge is 0.146 e. The number of benzene rings is 1. The Bertz CT molecular complexity index is 541. The zero-order chi connectivity index (χ0) is 13.7. The highest BCUT2D eigenvalue weighted by atomic mass is 35.5. The molecule has 6 heteroatoms. The van der Waals surface area contributed by atoms with Crippen LogP contribution in [0.1, 0.15) is 19.2 Å². The van der Waals surface area contributed by atoms with E-state index >= 15 is 0 Å². The summed E-state index contributed by atoms with van der Waals surface area (Å²) in [5.41, 5.74) is 0.848. The number of anilines is 1. The predicted octanol–water partition coefficient (Wildman–Crippen LogP) is 2.96. The second-order valence-corrected chi connectivity index (χ2v) is 4.53. The lowest BCUT2D eigenvalue weighted by Gasteiger charge is -2.11. The highest BCUT2D eigenvalue weighted by Gasteiger charge is 2.07. The number of aryl methyl sites for hydroxylation is 1. The molecule has 2 rings (SSSR count). The monoisotopic (exact) mass is 280 g/mol. The summed E-state index contributed by atoms with van der Waals surface area (Å²) in [4.78, 5) is 4.24. The molecule has 0 radical (unpaired) electrons. The van der Waals surface area contributed by atoms with E-state index in [9.17, 15) is 0 Å². The molecule has 0 atom stereocenters. The molecular formula is C13H17ClN4O. The molecule has 19 heavy (non-hydrogen) atoms. The second kappa shape index (κ2) is 6.43. The number of aromatic nitrogens is 3. The zero-order valence-corrected chi connectivity index (χ0v) is 11.8. The van der Waals surface area contributed by atoms with Gasteiger partial charge in [0.2, 0.25) is 0 Å². The van der Waals surface area contributed by atoms with Gasteiger partial charge in [-0.1, -0.05) is 18.5 Å². The molecule has 1 N–H and O–H groups in total. The van der Waals surface area contributed by atoms with E-state index in [4.69, 9.17) is 16.3 Å². The summed E-state index contributed by atoms with van der Waals surface area (Å²) in [6.07, 6.45) is 2.60. The minimum atomic E-state index is 0.580. The maximum atomic E-state index is 5.99. The second-order valence-electron chi connectivity index (χ2n) is 4.10. The number of hydrogen-bond donors (Lipinski definition) is 1. The summed E-state index contributed by atoms with van der Waals surface area (Å²) in [6, 6.07) is 5.47. The third-order valence-electron chi connectivity index (χ3n) is 2.73. The van der Waals surface area contributed by atoms with E-state index in [0.717, 1.165) is 30.2 Å². The zero-order valence-electron chi connectivity index (χ0n) is 11.1. The van der Waals surface area contributed by atoms with Crippen molar-refractivity contribution in [2.24, 2.45) is 0 Å². The van der Waals surface area contributed by atoms with Gasteiger partial charge < -0.3 is 10.1 Å². The van der Waals surface area contributed by atoms with Gasteiger partial charge in [0.05, 0.1) is 19.3 Å². The Morgan fingerprint density at radius 1 is 1.42 bits per heavy atom. The summed E-state index contributed by atoms with van der Waals surface area (Å²) in [7, 11) is 1.63. The Kier molecular flexibility index (Phi) is 4.63. The molecule has 0 amide bonds. The summed E-state index contributed by atoms with van der Waals surface area (Å²) >= 11 is 5.99. The highest BCUT2D eigenvalue weighted by Crippen LogP contribution is 2.27. The van der Waals surface area contributed by atoms with Gasteiger partial charge in [-0.25, -0.2) is 9.67 Å². The molecule has 0 fully saturated rings. The van der Waals surface area contributed by atoms with Crippen molar-refractivity contribution >= 4 is 17.3 Å². The lowest BCUT2D eigenvalue weighted by molar-refractivity contribution is 0.416. The third kappa shape index (κ3) is 3.38. The molecule has 0 saturated heterocycles. The van der Waals surface area contributed by atoms with Crippen LogP contribution >= 0.6 is 11.6 Å². The molecule has 0 aliphatic carbocycles. The van der Waals surface area contributed by atoms with Crippen molar-refractivity contribution in [2.75, 3.05) is 12.4 Å². The molecule has 1 aromatic heterocycles. The Balaban J connectivity index is 2.09. The van der Waals surface area contributed by atoms with Gasteiger partial charge in [0.1, 0.15) is 17.9 Å². The van der Waals surface area contributed by atoms with Crippen molar-refractivity contribution in [3.63, 3.8) is 0 Å². The van der Waals surface area contributed by atoms with Crippen molar-refractivity contribution in [3.8, 4) is 5.75 Å². The number of halogens is 1. The van der Waals surface area contributed by atoms with Crippen LogP contribution in [0.15, 0.2) is 24.5 Å². The van der Waals surface area contributed by atoms with Gasteiger partial charge in [-0.05, 0) is 24.6 Å². The summed E-state index contributed by atoms with van der Waals surface area (Å²) < 4.78 is 7.18. The Morgan fingerprint density at radius 3 is 3.00 bits per heavy atom. The SMILES string of the molecule is CCCn1ncnc1CNc1cc(Cl)ccc1OC. The standard InChI is InChI=1S/C13H17ClN4O/c1-3-6-18-13(16-9-17-18)8-15-11-7-10(14)4-5-12(11)19-2/h4-5,7,9,15H,3,6,8H2,1-2H3. The van der Waals surface area contributed by atoms with Crippen LogP contribution in [0.4, 0.5) is 5.69 Å². The van der Waals surface area contributed by atoms with E-state index in [1.165, 1.54) is 0 Å². The van der Waals surface area contributed by atoms with E-state index < -0.39 is 0 Å². The van der Waals surface area contributed by atoms with E-state index in [2.05, 4.69) is 22.3 Å². The normalized spacial score (nSPS) is 10.5. The summed E-state index contributed by atoms with van der Waals surface area (Å²) in [6.45, 7) is 3.55. The average molecular weight is 281 g/mol. The van der Waals surface area contributed by atoms with E-state index in [1.54, 1.807) is 19.5 Å². The van der Waals surface area contributed by atoms with Gasteiger partial charge in [0, 0.05) is 11.6 Å². The lowest BCUT2D eigenvalue weighted by atomic mass is 10.3. The average Bonchev–Trinajstić information content (AvgIpc) is 2.84. The van der Waals surface area contributed by atoms with Crippen LogP contribution in [0.25, 0.3) is 0 Å². The fourth-order valence-corrected chi connectivity index (χ4v) is 1.99. The van der Waals surface area contributed by atoms with Crippen LogP contribution in [0.2, 0.25) is 5.02 Å². The number of nitrogens with zero attached hydrogens (tertiary/aromatic N) is 3. The first-order valence-electron chi connectivity index (χ1n) is 6.18. The fourth-order valence-electron chi connectivity index (χ4n) is 1.82. The first kappa shape index (κ1) is 13.7. The molecule has 102 valence electrons. The highest BCUT2D eigenvalue weighted by molar-refractivity contribution is 6.30. The van der Waals surface area contributed by atoms with Gasteiger partial charge in [-0.2, -0.15) is 5.10 Å². The Labute approximate surface area is 117 Å². The topological polar surface area (TPSA) is 52.0 Å². The minimum Gasteiger partial charge on any atom is -0.495 e. The van der Waals surface area contributed by atoms with Crippen molar-refractivity contribution in [1.82, 2.24) is 14.8 Å². The number of ether oxygens (including phenoxy) is 1. The number of hydrogen-bond acceptors (Lipinski definition) is 4. The third-order valence-corrected chi connectivity index (χ3v) is 2.96. The maximum absolute atomic E-state index is 5.99. The van der Waals surface area contributed by atoms with Crippen LogP contribution in [-0.4, -0.2) is 21.9 Å². The molecule has 5 nitrogen and oxygen atoms in total. The van der Waals surface area contributed by atoms with Crippen LogP contribution in [0.3, 0.4) is 0 Å². The number of methoxy groups -OCH3 is 1. The molecule has 1 heterocycles. The fraction of sp³-hybridized carbons (Fsp3) is 0.385. The molecule has 0 saturated carbocycles. The van der Waals surface area contributed by atoms with E-state index in [1.807, 2.05) is 16.8 Å². The Hall–Kier alpha value is -1.75. The first-order chi connectivity index (χ1) is 9.24. The van der Waals surface area contributed by atoms with E-state index in [0.29, 0.717) is 11.6 Å². The quantitative estimate of drug-likeness (QED) is 0.884. The van der Waals surface area contributed by atoms with Gasteiger partial charge >= 0.3 is 0 Å². The molecule has 0 spiro atoms. The van der Waals surface area contributed by atoms with Crippen LogP contribution in [0, 0.1) is 0 Å². The summed E-state index contributed by atoms with van der Waals surface area (Å²) in [5, 5.41) is 8.13. The minimum absolute atomic E-state index is 0.580. The number of rotatable bonds is 6. The van der Waals surface area contributed by atoms with Gasteiger partial charge in [-0.15, -0.1) is 0 Å². The lowest BCUT2D eigenvalue weighted by Crippen LogP contribution is -2.10. The first-order valence-corrected chi connectivity index (χ1v) is 6.56. The largest absolute Gasteiger partial charge is 0.495 e.